The van der Waals surface area contributed by atoms with Gasteiger partial charge in [-0.3, -0.25) is 9.59 Å². The summed E-state index contributed by atoms with van der Waals surface area (Å²) in [7, 11) is 0. The summed E-state index contributed by atoms with van der Waals surface area (Å²) in [4.78, 5) is 30.6. The maximum atomic E-state index is 12.5. The Morgan fingerprint density at radius 3 is 2.79 bits per heavy atom. The number of ether oxygens (including phenoxy) is 1. The van der Waals surface area contributed by atoms with Crippen molar-refractivity contribution >= 4 is 11.8 Å². The highest BCUT2D eigenvalue weighted by atomic mass is 16.5. The highest BCUT2D eigenvalue weighted by Gasteiger charge is 2.39. The van der Waals surface area contributed by atoms with E-state index in [0.29, 0.717) is 30.5 Å². The Morgan fingerprint density at radius 1 is 1.25 bits per heavy atom. The van der Waals surface area contributed by atoms with E-state index in [1.54, 1.807) is 18.3 Å². The van der Waals surface area contributed by atoms with Crippen molar-refractivity contribution in [3.05, 3.63) is 23.9 Å². The molecule has 6 heteroatoms. The van der Waals surface area contributed by atoms with Gasteiger partial charge in [0.25, 0.3) is 5.91 Å². The van der Waals surface area contributed by atoms with Crippen LogP contribution in [0.5, 0.6) is 5.88 Å². The van der Waals surface area contributed by atoms with E-state index in [9.17, 15) is 9.59 Å². The third kappa shape index (κ3) is 3.37. The number of rotatable bonds is 5. The second-order valence-corrected chi connectivity index (χ2v) is 7.06. The van der Waals surface area contributed by atoms with E-state index in [1.165, 1.54) is 12.8 Å². The number of hydrogen-bond acceptors (Lipinski definition) is 4. The summed E-state index contributed by atoms with van der Waals surface area (Å²) in [6.07, 6.45) is 8.91. The van der Waals surface area contributed by atoms with E-state index in [2.05, 4.69) is 10.3 Å². The van der Waals surface area contributed by atoms with Gasteiger partial charge in [0.05, 0.1) is 6.04 Å². The van der Waals surface area contributed by atoms with Crippen LogP contribution in [0.3, 0.4) is 0 Å². The smallest absolute Gasteiger partial charge is 0.251 e. The van der Waals surface area contributed by atoms with Crippen molar-refractivity contribution in [1.82, 2.24) is 15.2 Å². The monoisotopic (exact) mass is 329 g/mol. The topological polar surface area (TPSA) is 71.5 Å². The van der Waals surface area contributed by atoms with Gasteiger partial charge in [-0.15, -0.1) is 0 Å². The summed E-state index contributed by atoms with van der Waals surface area (Å²) in [5, 5.41) is 2.97. The van der Waals surface area contributed by atoms with E-state index < -0.39 is 0 Å². The van der Waals surface area contributed by atoms with Crippen molar-refractivity contribution in [2.24, 2.45) is 0 Å². The summed E-state index contributed by atoms with van der Waals surface area (Å²) in [5.74, 6) is 0.503. The van der Waals surface area contributed by atoms with Crippen molar-refractivity contribution in [3.8, 4) is 5.88 Å². The molecule has 24 heavy (non-hydrogen) atoms. The zero-order chi connectivity index (χ0) is 16.5. The van der Waals surface area contributed by atoms with Crippen molar-refractivity contribution in [2.45, 2.75) is 63.1 Å². The number of aromatic nitrogens is 1. The predicted molar refractivity (Wildman–Crippen MR) is 87.7 cm³/mol. The van der Waals surface area contributed by atoms with Gasteiger partial charge >= 0.3 is 0 Å². The molecule has 0 radical (unpaired) electrons. The number of carbonyl (C=O) groups excluding carboxylic acids is 2. The van der Waals surface area contributed by atoms with Gasteiger partial charge in [0.1, 0.15) is 6.10 Å². The average Bonchev–Trinajstić information content (AvgIpc) is 3.17. The molecule has 4 rings (SSSR count). The van der Waals surface area contributed by atoms with E-state index >= 15 is 0 Å². The standard InChI is InChI=1S/C18H23N3O3/c22-17-10-13(11-21(17)14-5-6-14)20-18(23)12-7-8-19-16(9-12)24-15-3-1-2-4-15/h7-9,13-15H,1-6,10-11H2,(H,20,23). The van der Waals surface area contributed by atoms with Crippen LogP contribution in [0.1, 0.15) is 55.3 Å². The molecule has 1 aromatic rings. The molecule has 2 amide bonds. The minimum absolute atomic E-state index is 0.0991. The normalized spacial score (nSPS) is 24.4. The minimum atomic E-state index is -0.163. The summed E-state index contributed by atoms with van der Waals surface area (Å²) in [6.45, 7) is 0.631. The Kier molecular flexibility index (Phi) is 4.12. The molecule has 1 aliphatic heterocycles. The molecule has 1 unspecified atom stereocenters. The number of likely N-dealkylation sites (tertiary alicyclic amines) is 1. The molecule has 2 heterocycles. The molecule has 2 saturated carbocycles. The fourth-order valence-electron chi connectivity index (χ4n) is 3.63. The van der Waals surface area contributed by atoms with Crippen molar-refractivity contribution in [1.29, 1.82) is 0 Å². The quantitative estimate of drug-likeness (QED) is 0.895. The van der Waals surface area contributed by atoms with Crippen LogP contribution in [0.25, 0.3) is 0 Å². The van der Waals surface area contributed by atoms with Crippen molar-refractivity contribution in [2.75, 3.05) is 6.54 Å². The van der Waals surface area contributed by atoms with Crippen LogP contribution in [-0.2, 0) is 4.79 Å². The summed E-state index contributed by atoms with van der Waals surface area (Å²) < 4.78 is 5.86. The molecule has 0 bridgehead atoms. The highest BCUT2D eigenvalue weighted by Crippen LogP contribution is 2.30. The third-order valence-electron chi connectivity index (χ3n) is 5.07. The molecule has 1 N–H and O–H groups in total. The van der Waals surface area contributed by atoms with Gasteiger partial charge < -0.3 is 15.0 Å². The van der Waals surface area contributed by atoms with Crippen LogP contribution in [0.2, 0.25) is 0 Å². The lowest BCUT2D eigenvalue weighted by Gasteiger charge is -2.16. The Morgan fingerprint density at radius 2 is 2.04 bits per heavy atom. The zero-order valence-electron chi connectivity index (χ0n) is 13.7. The van der Waals surface area contributed by atoms with E-state index in [0.717, 1.165) is 25.7 Å². The van der Waals surface area contributed by atoms with Crippen LogP contribution in [0.15, 0.2) is 18.3 Å². The lowest BCUT2D eigenvalue weighted by molar-refractivity contribution is -0.128. The number of carbonyl (C=O) groups is 2. The molecule has 1 saturated heterocycles. The maximum Gasteiger partial charge on any atom is 0.251 e. The van der Waals surface area contributed by atoms with Crippen LogP contribution < -0.4 is 10.1 Å². The number of pyridine rings is 1. The van der Waals surface area contributed by atoms with Gasteiger partial charge in [0.2, 0.25) is 11.8 Å². The second kappa shape index (κ2) is 6.42. The lowest BCUT2D eigenvalue weighted by atomic mass is 10.2. The Labute approximate surface area is 141 Å². The molecule has 0 spiro atoms. The number of nitrogens with one attached hydrogen (secondary N) is 1. The molecule has 0 aromatic carbocycles. The fraction of sp³-hybridized carbons (Fsp3) is 0.611. The first kappa shape index (κ1) is 15.4. The summed E-state index contributed by atoms with van der Waals surface area (Å²) in [5.41, 5.74) is 0.537. The van der Waals surface area contributed by atoms with Crippen LogP contribution in [0.4, 0.5) is 0 Å². The fourth-order valence-corrected chi connectivity index (χ4v) is 3.63. The first-order valence-electron chi connectivity index (χ1n) is 8.92. The summed E-state index contributed by atoms with van der Waals surface area (Å²) >= 11 is 0. The third-order valence-corrected chi connectivity index (χ3v) is 5.07. The Bertz CT molecular complexity index is 638. The Balaban J connectivity index is 1.36. The molecule has 1 atom stereocenters. The van der Waals surface area contributed by atoms with E-state index in [4.69, 9.17) is 4.74 Å². The molecule has 6 nitrogen and oxygen atoms in total. The van der Waals surface area contributed by atoms with Gasteiger partial charge in [-0.05, 0) is 44.6 Å². The molecule has 128 valence electrons. The van der Waals surface area contributed by atoms with Gasteiger partial charge in [-0.25, -0.2) is 4.98 Å². The predicted octanol–water partition coefficient (Wildman–Crippen LogP) is 1.90. The molecular weight excluding hydrogens is 306 g/mol. The van der Waals surface area contributed by atoms with Crippen LogP contribution in [0, 0.1) is 0 Å². The average molecular weight is 329 g/mol. The summed E-state index contributed by atoms with van der Waals surface area (Å²) in [6, 6.07) is 3.69. The van der Waals surface area contributed by atoms with Crippen LogP contribution >= 0.6 is 0 Å². The van der Waals surface area contributed by atoms with Gasteiger partial charge in [0, 0.05) is 36.8 Å². The number of hydrogen-bond donors (Lipinski definition) is 1. The van der Waals surface area contributed by atoms with Gasteiger partial charge in [-0.2, -0.15) is 0 Å². The number of amides is 2. The molecular formula is C18H23N3O3. The minimum Gasteiger partial charge on any atom is -0.474 e. The van der Waals surface area contributed by atoms with Crippen LogP contribution in [-0.4, -0.2) is 46.4 Å². The second-order valence-electron chi connectivity index (χ2n) is 7.06. The Hall–Kier alpha value is -2.11. The van der Waals surface area contributed by atoms with Crippen molar-refractivity contribution < 1.29 is 14.3 Å². The molecule has 1 aromatic heterocycles. The first-order valence-corrected chi connectivity index (χ1v) is 8.92. The van der Waals surface area contributed by atoms with E-state index in [-0.39, 0.29) is 24.0 Å². The maximum absolute atomic E-state index is 12.5. The molecule has 3 fully saturated rings. The number of nitrogens with zero attached hydrogens (tertiary/aromatic N) is 2. The van der Waals surface area contributed by atoms with E-state index in [1.807, 2.05) is 4.90 Å². The highest BCUT2D eigenvalue weighted by molar-refractivity contribution is 5.95. The van der Waals surface area contributed by atoms with Crippen molar-refractivity contribution in [3.63, 3.8) is 0 Å². The zero-order valence-corrected chi connectivity index (χ0v) is 13.7. The lowest BCUT2D eigenvalue weighted by Crippen LogP contribution is -2.37. The molecule has 3 aliphatic rings. The van der Waals surface area contributed by atoms with Gasteiger partial charge in [0.15, 0.2) is 0 Å². The largest absolute Gasteiger partial charge is 0.474 e. The van der Waals surface area contributed by atoms with Gasteiger partial charge in [-0.1, -0.05) is 0 Å². The SMILES string of the molecule is O=C(NC1CC(=O)N(C2CC2)C1)c1ccnc(OC2CCCC2)c1. The molecule has 2 aliphatic carbocycles. The first-order chi connectivity index (χ1) is 11.7.